The third-order valence-electron chi connectivity index (χ3n) is 2.24. The minimum Gasteiger partial charge on any atom is -0.370 e. The van der Waals surface area contributed by atoms with Crippen LogP contribution in [0.1, 0.15) is 27.7 Å². The highest BCUT2D eigenvalue weighted by Gasteiger charge is 2.27. The molecule has 1 aliphatic rings. The second-order valence-electron chi connectivity index (χ2n) is 4.80. The van der Waals surface area contributed by atoms with Crippen LogP contribution in [0.15, 0.2) is 4.99 Å². The second-order valence-corrected chi connectivity index (χ2v) is 4.80. The summed E-state index contributed by atoms with van der Waals surface area (Å²) in [6.45, 7) is 9.12. The molecule has 5 heteroatoms. The first kappa shape index (κ1) is 11.8. The third kappa shape index (κ3) is 3.11. The normalized spacial score (nSPS) is 24.0. The van der Waals surface area contributed by atoms with Crippen LogP contribution < -0.4 is 11.1 Å². The van der Waals surface area contributed by atoms with Crippen LogP contribution >= 0.6 is 0 Å². The number of hydrogen-bond donors (Lipinski definition) is 2. The van der Waals surface area contributed by atoms with Crippen molar-refractivity contribution in [2.24, 2.45) is 10.7 Å². The van der Waals surface area contributed by atoms with E-state index in [4.69, 9.17) is 5.73 Å². The number of carbonyl (C=O) groups is 1. The van der Waals surface area contributed by atoms with Crippen LogP contribution in [0.25, 0.3) is 0 Å². The zero-order valence-corrected chi connectivity index (χ0v) is 9.87. The van der Waals surface area contributed by atoms with Gasteiger partial charge in [0, 0.05) is 13.1 Å². The summed E-state index contributed by atoms with van der Waals surface area (Å²) < 4.78 is 0. The lowest BCUT2D eigenvalue weighted by atomic mass is 10.1. The topological polar surface area (TPSA) is 70.7 Å². The molecular weight excluding hydrogens is 192 g/mol. The number of nitrogens with two attached hydrogens (primary N) is 1. The van der Waals surface area contributed by atoms with Crippen molar-refractivity contribution in [3.05, 3.63) is 0 Å². The van der Waals surface area contributed by atoms with Crippen molar-refractivity contribution < 1.29 is 4.79 Å². The Morgan fingerprint density at radius 2 is 2.20 bits per heavy atom. The lowest BCUT2D eigenvalue weighted by molar-refractivity contribution is -0.126. The Labute approximate surface area is 90.7 Å². The van der Waals surface area contributed by atoms with E-state index in [0.29, 0.717) is 12.5 Å². The van der Waals surface area contributed by atoms with Crippen molar-refractivity contribution in [1.82, 2.24) is 10.2 Å². The molecule has 0 saturated carbocycles. The van der Waals surface area contributed by atoms with Gasteiger partial charge in [0.1, 0.15) is 6.04 Å². The summed E-state index contributed by atoms with van der Waals surface area (Å²) in [5.41, 5.74) is 5.67. The highest BCUT2D eigenvalue weighted by Crippen LogP contribution is 2.09. The van der Waals surface area contributed by atoms with Gasteiger partial charge in [-0.05, 0) is 27.7 Å². The number of rotatable bonds is 0. The molecule has 0 bridgehead atoms. The molecule has 3 N–H and O–H groups in total. The molecule has 0 aliphatic carbocycles. The van der Waals surface area contributed by atoms with E-state index in [2.05, 4.69) is 10.3 Å². The van der Waals surface area contributed by atoms with Gasteiger partial charge in [-0.15, -0.1) is 0 Å². The van der Waals surface area contributed by atoms with E-state index in [1.807, 2.05) is 32.6 Å². The molecule has 1 rings (SSSR count). The van der Waals surface area contributed by atoms with Crippen LogP contribution in [0, 0.1) is 0 Å². The van der Waals surface area contributed by atoms with Crippen LogP contribution in [-0.4, -0.2) is 41.4 Å². The monoisotopic (exact) mass is 212 g/mol. The molecule has 1 amide bonds. The Morgan fingerprint density at radius 1 is 1.60 bits per heavy atom. The first-order valence-corrected chi connectivity index (χ1v) is 5.21. The van der Waals surface area contributed by atoms with Gasteiger partial charge in [-0.3, -0.25) is 4.79 Å². The van der Waals surface area contributed by atoms with E-state index in [9.17, 15) is 4.79 Å². The summed E-state index contributed by atoms with van der Waals surface area (Å²) in [4.78, 5) is 17.6. The maximum Gasteiger partial charge on any atom is 0.242 e. The van der Waals surface area contributed by atoms with Crippen molar-refractivity contribution in [2.45, 2.75) is 39.3 Å². The van der Waals surface area contributed by atoms with Gasteiger partial charge in [-0.1, -0.05) is 0 Å². The number of nitrogens with one attached hydrogen (secondary N) is 1. The standard InChI is InChI=1S/C10H20N4O/c1-7-8(15)12-5-6-14(7)9(11)13-10(2,3)4/h7H,5-6H2,1-4H3,(H2,11,13)(H,12,15). The highest BCUT2D eigenvalue weighted by atomic mass is 16.2. The van der Waals surface area contributed by atoms with Crippen LogP contribution in [0.5, 0.6) is 0 Å². The van der Waals surface area contributed by atoms with E-state index < -0.39 is 0 Å². The van der Waals surface area contributed by atoms with Crippen LogP contribution in [0.3, 0.4) is 0 Å². The first-order valence-electron chi connectivity index (χ1n) is 5.21. The molecule has 0 radical (unpaired) electrons. The average molecular weight is 212 g/mol. The van der Waals surface area contributed by atoms with E-state index in [1.165, 1.54) is 0 Å². The van der Waals surface area contributed by atoms with E-state index in [1.54, 1.807) is 0 Å². The SMILES string of the molecule is CC1C(=O)NCCN1C(N)=NC(C)(C)C. The van der Waals surface area contributed by atoms with E-state index >= 15 is 0 Å². The quantitative estimate of drug-likeness (QED) is 0.436. The molecule has 1 saturated heterocycles. The zero-order valence-electron chi connectivity index (χ0n) is 9.87. The number of piperazine rings is 1. The molecule has 1 aliphatic heterocycles. The Bertz CT molecular complexity index is 280. The van der Waals surface area contributed by atoms with Gasteiger partial charge in [0.15, 0.2) is 5.96 Å². The highest BCUT2D eigenvalue weighted by molar-refractivity contribution is 5.89. The molecule has 15 heavy (non-hydrogen) atoms. The van der Waals surface area contributed by atoms with Crippen LogP contribution in [0.2, 0.25) is 0 Å². The van der Waals surface area contributed by atoms with Gasteiger partial charge in [-0.2, -0.15) is 0 Å². The van der Waals surface area contributed by atoms with Crippen molar-refractivity contribution in [3.63, 3.8) is 0 Å². The number of carbonyl (C=O) groups excluding carboxylic acids is 1. The second kappa shape index (κ2) is 4.08. The fraction of sp³-hybridized carbons (Fsp3) is 0.800. The maximum atomic E-state index is 11.4. The van der Waals surface area contributed by atoms with Crippen LogP contribution in [0.4, 0.5) is 0 Å². The average Bonchev–Trinajstić information content (AvgIpc) is 2.06. The van der Waals surface area contributed by atoms with Gasteiger partial charge in [-0.25, -0.2) is 4.99 Å². The molecule has 5 nitrogen and oxygen atoms in total. The predicted octanol–water partition coefficient (Wildman–Crippen LogP) is -0.0801. The Morgan fingerprint density at radius 3 is 2.73 bits per heavy atom. The maximum absolute atomic E-state index is 11.4. The summed E-state index contributed by atoms with van der Waals surface area (Å²) in [6.07, 6.45) is 0. The predicted molar refractivity (Wildman–Crippen MR) is 60.6 cm³/mol. The zero-order chi connectivity index (χ0) is 11.6. The van der Waals surface area contributed by atoms with Crippen molar-refractivity contribution >= 4 is 11.9 Å². The van der Waals surface area contributed by atoms with E-state index in [0.717, 1.165) is 6.54 Å². The van der Waals surface area contributed by atoms with Crippen LogP contribution in [-0.2, 0) is 4.79 Å². The van der Waals surface area contributed by atoms with E-state index in [-0.39, 0.29) is 17.5 Å². The molecule has 0 aromatic rings. The van der Waals surface area contributed by atoms with Crippen molar-refractivity contribution in [3.8, 4) is 0 Å². The molecule has 1 unspecified atom stereocenters. The third-order valence-corrected chi connectivity index (χ3v) is 2.24. The summed E-state index contributed by atoms with van der Waals surface area (Å²) in [7, 11) is 0. The Balaban J connectivity index is 2.79. The molecule has 0 aromatic heterocycles. The van der Waals surface area contributed by atoms with Gasteiger partial charge >= 0.3 is 0 Å². The van der Waals surface area contributed by atoms with Gasteiger partial charge in [0.2, 0.25) is 5.91 Å². The minimum absolute atomic E-state index is 0.00769. The summed E-state index contributed by atoms with van der Waals surface area (Å²) in [5, 5.41) is 2.79. The molecule has 1 atom stereocenters. The molecular formula is C10H20N4O. The lowest BCUT2D eigenvalue weighted by Gasteiger charge is -2.34. The van der Waals surface area contributed by atoms with Crippen molar-refractivity contribution in [1.29, 1.82) is 0 Å². The number of amides is 1. The number of nitrogens with zero attached hydrogens (tertiary/aromatic N) is 2. The fourth-order valence-electron chi connectivity index (χ4n) is 1.50. The molecule has 0 aromatic carbocycles. The van der Waals surface area contributed by atoms with Gasteiger partial charge in [0.05, 0.1) is 5.54 Å². The minimum atomic E-state index is -0.232. The fourth-order valence-corrected chi connectivity index (χ4v) is 1.50. The molecule has 1 fully saturated rings. The number of hydrogen-bond acceptors (Lipinski definition) is 2. The molecule has 86 valence electrons. The first-order chi connectivity index (χ1) is 6.81. The number of guanidine groups is 1. The largest absolute Gasteiger partial charge is 0.370 e. The number of aliphatic imine (C=N–C) groups is 1. The summed E-state index contributed by atoms with van der Waals surface area (Å²) in [6, 6.07) is -0.232. The Kier molecular flexibility index (Phi) is 3.21. The summed E-state index contributed by atoms with van der Waals surface area (Å²) >= 11 is 0. The van der Waals surface area contributed by atoms with Gasteiger partial charge < -0.3 is 16.0 Å². The van der Waals surface area contributed by atoms with Gasteiger partial charge in [0.25, 0.3) is 0 Å². The van der Waals surface area contributed by atoms with Crippen molar-refractivity contribution in [2.75, 3.05) is 13.1 Å². The smallest absolute Gasteiger partial charge is 0.242 e. The lowest BCUT2D eigenvalue weighted by Crippen LogP contribution is -2.58. The molecule has 1 heterocycles. The molecule has 0 spiro atoms. The Hall–Kier alpha value is -1.26. The summed E-state index contributed by atoms with van der Waals surface area (Å²) in [5.74, 6) is 0.457.